The fraction of sp³-hybridized carbons (Fsp3) is 0.429. The average Bonchev–Trinajstić information content (AvgIpc) is 2.92. The van der Waals surface area contributed by atoms with Crippen LogP contribution < -0.4 is 10.1 Å². The van der Waals surface area contributed by atoms with Gasteiger partial charge in [-0.3, -0.25) is 4.57 Å². The number of hydrogen-bond acceptors (Lipinski definition) is 4. The van der Waals surface area contributed by atoms with Gasteiger partial charge in [0.25, 0.3) is 0 Å². The van der Waals surface area contributed by atoms with Crippen LogP contribution in [-0.2, 0) is 6.61 Å². The second kappa shape index (κ2) is 4.35. The van der Waals surface area contributed by atoms with Crippen molar-refractivity contribution in [2.45, 2.75) is 25.4 Å². The van der Waals surface area contributed by atoms with Crippen LogP contribution in [0.25, 0.3) is 5.69 Å². The highest BCUT2D eigenvalue weighted by atomic mass is 16.5. The van der Waals surface area contributed by atoms with Crippen LogP contribution in [-0.4, -0.2) is 27.9 Å². The molecule has 1 saturated heterocycles. The molecule has 5 heteroatoms. The predicted octanol–water partition coefficient (Wildman–Crippen LogP) is 1.63. The molecular formula is C14H16N4O. The molecule has 0 unspecified atom stereocenters. The second-order valence-electron chi connectivity index (χ2n) is 5.09. The fourth-order valence-electron chi connectivity index (χ4n) is 2.94. The van der Waals surface area contributed by atoms with Gasteiger partial charge in [0.15, 0.2) is 5.82 Å². The van der Waals surface area contributed by atoms with Crippen molar-refractivity contribution in [3.63, 3.8) is 0 Å². The molecule has 2 aromatic rings. The Morgan fingerprint density at radius 1 is 1.16 bits per heavy atom. The van der Waals surface area contributed by atoms with Crippen LogP contribution in [0, 0.1) is 0 Å². The van der Waals surface area contributed by atoms with E-state index in [0.29, 0.717) is 12.5 Å². The Hall–Kier alpha value is -1.88. The molecule has 4 rings (SSSR count). The number of nitrogens with zero attached hydrogens (tertiary/aromatic N) is 3. The van der Waals surface area contributed by atoms with E-state index in [4.69, 9.17) is 4.74 Å². The molecule has 0 aliphatic carbocycles. The Bertz CT molecular complexity index is 601. The van der Waals surface area contributed by atoms with Gasteiger partial charge in [0, 0.05) is 5.92 Å². The van der Waals surface area contributed by atoms with E-state index >= 15 is 0 Å². The van der Waals surface area contributed by atoms with Gasteiger partial charge in [-0.25, -0.2) is 0 Å². The van der Waals surface area contributed by atoms with Crippen molar-refractivity contribution in [3.05, 3.63) is 35.9 Å². The summed E-state index contributed by atoms with van der Waals surface area (Å²) in [6, 6.07) is 8.11. The van der Waals surface area contributed by atoms with Gasteiger partial charge in [-0.15, -0.1) is 10.2 Å². The summed E-state index contributed by atoms with van der Waals surface area (Å²) in [5.74, 6) is 3.41. The molecule has 0 bridgehead atoms. The Morgan fingerprint density at radius 3 is 2.89 bits per heavy atom. The molecule has 2 aliphatic heterocycles. The average molecular weight is 256 g/mol. The number of aromatic nitrogens is 3. The lowest BCUT2D eigenvalue weighted by atomic mass is 9.97. The van der Waals surface area contributed by atoms with Gasteiger partial charge in [0.05, 0.1) is 5.69 Å². The van der Waals surface area contributed by atoms with Gasteiger partial charge < -0.3 is 10.1 Å². The summed E-state index contributed by atoms with van der Waals surface area (Å²) < 4.78 is 7.90. The number of hydrogen-bond donors (Lipinski definition) is 1. The maximum atomic E-state index is 5.71. The molecule has 0 atom stereocenters. The molecular weight excluding hydrogens is 240 g/mol. The highest BCUT2D eigenvalue weighted by Gasteiger charge is 2.27. The predicted molar refractivity (Wildman–Crippen MR) is 70.5 cm³/mol. The smallest absolute Gasteiger partial charge is 0.175 e. The summed E-state index contributed by atoms with van der Waals surface area (Å²) in [5, 5.41) is 12.1. The number of piperidine rings is 1. The van der Waals surface area contributed by atoms with E-state index < -0.39 is 0 Å². The zero-order valence-corrected chi connectivity index (χ0v) is 10.7. The lowest BCUT2D eigenvalue weighted by Crippen LogP contribution is -2.28. The van der Waals surface area contributed by atoms with Crippen molar-refractivity contribution >= 4 is 0 Å². The maximum absolute atomic E-state index is 5.71. The summed E-state index contributed by atoms with van der Waals surface area (Å²) in [6.07, 6.45) is 2.25. The van der Waals surface area contributed by atoms with Crippen molar-refractivity contribution in [2.75, 3.05) is 13.1 Å². The van der Waals surface area contributed by atoms with E-state index in [0.717, 1.165) is 49.0 Å². The second-order valence-corrected chi connectivity index (χ2v) is 5.09. The number of ether oxygens (including phenoxy) is 1. The number of rotatable bonds is 1. The van der Waals surface area contributed by atoms with Crippen molar-refractivity contribution in [1.29, 1.82) is 0 Å². The first kappa shape index (κ1) is 11.0. The van der Waals surface area contributed by atoms with Crippen LogP contribution in [0.2, 0.25) is 0 Å². The third-order valence-electron chi connectivity index (χ3n) is 3.92. The largest absolute Gasteiger partial charge is 0.483 e. The molecule has 0 amide bonds. The minimum Gasteiger partial charge on any atom is -0.483 e. The summed E-state index contributed by atoms with van der Waals surface area (Å²) in [7, 11) is 0. The van der Waals surface area contributed by atoms with Gasteiger partial charge >= 0.3 is 0 Å². The number of nitrogens with one attached hydrogen (secondary N) is 1. The number of benzene rings is 1. The molecule has 1 aromatic heterocycles. The van der Waals surface area contributed by atoms with E-state index in [1.165, 1.54) is 0 Å². The lowest BCUT2D eigenvalue weighted by molar-refractivity contribution is 0.277. The standard InChI is InChI=1S/C14H16N4O/c1-2-4-12-11(3-1)18-13(9-19-12)16-17-14(18)10-5-7-15-8-6-10/h1-4,10,15H,5-9H2. The number of para-hydroxylation sites is 2. The molecule has 0 radical (unpaired) electrons. The van der Waals surface area contributed by atoms with Gasteiger partial charge in [-0.2, -0.15) is 0 Å². The molecule has 5 nitrogen and oxygen atoms in total. The van der Waals surface area contributed by atoms with Gasteiger partial charge in [-0.05, 0) is 38.1 Å². The highest BCUT2D eigenvalue weighted by molar-refractivity contribution is 5.49. The van der Waals surface area contributed by atoms with Crippen molar-refractivity contribution in [3.8, 4) is 11.4 Å². The third kappa shape index (κ3) is 1.73. The van der Waals surface area contributed by atoms with E-state index in [1.807, 2.05) is 18.2 Å². The Morgan fingerprint density at radius 2 is 2.00 bits per heavy atom. The van der Waals surface area contributed by atoms with Crippen molar-refractivity contribution < 1.29 is 4.74 Å². The molecule has 1 aromatic carbocycles. The summed E-state index contributed by atoms with van der Waals surface area (Å²) in [5.41, 5.74) is 1.07. The fourth-order valence-corrected chi connectivity index (χ4v) is 2.94. The minimum atomic E-state index is 0.494. The molecule has 0 saturated carbocycles. The third-order valence-corrected chi connectivity index (χ3v) is 3.92. The van der Waals surface area contributed by atoms with Crippen molar-refractivity contribution in [2.24, 2.45) is 0 Å². The van der Waals surface area contributed by atoms with Crippen LogP contribution in [0.5, 0.6) is 5.75 Å². The van der Waals surface area contributed by atoms with Gasteiger partial charge in [-0.1, -0.05) is 12.1 Å². The molecule has 98 valence electrons. The van der Waals surface area contributed by atoms with E-state index in [2.05, 4.69) is 26.1 Å². The van der Waals surface area contributed by atoms with Crippen LogP contribution >= 0.6 is 0 Å². The molecule has 2 aliphatic rings. The molecule has 19 heavy (non-hydrogen) atoms. The molecule has 1 N–H and O–H groups in total. The first-order valence-electron chi connectivity index (χ1n) is 6.80. The molecule has 0 spiro atoms. The van der Waals surface area contributed by atoms with Crippen LogP contribution in [0.15, 0.2) is 24.3 Å². The topological polar surface area (TPSA) is 52.0 Å². The summed E-state index contributed by atoms with van der Waals surface area (Å²) >= 11 is 0. The van der Waals surface area contributed by atoms with Crippen LogP contribution in [0.3, 0.4) is 0 Å². The Labute approximate surface area is 111 Å². The van der Waals surface area contributed by atoms with Gasteiger partial charge in [0.2, 0.25) is 0 Å². The lowest BCUT2D eigenvalue weighted by Gasteiger charge is -2.25. The Kier molecular flexibility index (Phi) is 2.51. The highest BCUT2D eigenvalue weighted by Crippen LogP contribution is 2.33. The first-order chi connectivity index (χ1) is 9.43. The zero-order valence-electron chi connectivity index (χ0n) is 10.7. The zero-order chi connectivity index (χ0) is 12.7. The minimum absolute atomic E-state index is 0.494. The normalized spacial score (nSPS) is 18.5. The van der Waals surface area contributed by atoms with E-state index in [1.54, 1.807) is 0 Å². The van der Waals surface area contributed by atoms with Crippen molar-refractivity contribution in [1.82, 2.24) is 20.1 Å². The summed E-state index contributed by atoms with van der Waals surface area (Å²) in [4.78, 5) is 0. The van der Waals surface area contributed by atoms with Crippen LogP contribution in [0.1, 0.15) is 30.4 Å². The van der Waals surface area contributed by atoms with E-state index in [9.17, 15) is 0 Å². The quantitative estimate of drug-likeness (QED) is 0.842. The van der Waals surface area contributed by atoms with Gasteiger partial charge in [0.1, 0.15) is 18.2 Å². The Balaban J connectivity index is 1.82. The number of fused-ring (bicyclic) bond motifs is 3. The summed E-state index contributed by atoms with van der Waals surface area (Å²) in [6.45, 7) is 2.63. The van der Waals surface area contributed by atoms with E-state index in [-0.39, 0.29) is 0 Å². The molecule has 3 heterocycles. The molecule has 1 fully saturated rings. The first-order valence-corrected chi connectivity index (χ1v) is 6.80. The monoisotopic (exact) mass is 256 g/mol. The maximum Gasteiger partial charge on any atom is 0.175 e. The SMILES string of the molecule is c1ccc2c(c1)OCc1nnc(C3CCNCC3)n1-2. The van der Waals surface area contributed by atoms with Crippen LogP contribution in [0.4, 0.5) is 0 Å².